The number of ketones is 1. The Labute approximate surface area is 131 Å². The van der Waals surface area contributed by atoms with Crippen LogP contribution >= 0.6 is 55.1 Å². The van der Waals surface area contributed by atoms with Crippen LogP contribution in [0.25, 0.3) is 0 Å². The van der Waals surface area contributed by atoms with E-state index in [1.54, 1.807) is 30.3 Å². The van der Waals surface area contributed by atoms with Crippen LogP contribution in [0, 0.1) is 0 Å². The standard InChI is InChI=1S/C13H6Br2Cl2O/c14-7-4-5-8(10(15)6-7)13(18)9-2-1-3-11(16)12(9)17/h1-6H. The lowest BCUT2D eigenvalue weighted by Gasteiger charge is -2.07. The van der Waals surface area contributed by atoms with E-state index in [-0.39, 0.29) is 10.8 Å². The summed E-state index contributed by atoms with van der Waals surface area (Å²) in [4.78, 5) is 12.4. The minimum absolute atomic E-state index is 0.165. The van der Waals surface area contributed by atoms with E-state index < -0.39 is 0 Å². The molecule has 0 N–H and O–H groups in total. The average Bonchev–Trinajstić information content (AvgIpc) is 2.32. The zero-order valence-electron chi connectivity index (χ0n) is 8.88. The topological polar surface area (TPSA) is 17.1 Å². The van der Waals surface area contributed by atoms with Crippen molar-refractivity contribution in [3.63, 3.8) is 0 Å². The second-order valence-corrected chi connectivity index (χ2v) is 6.11. The van der Waals surface area contributed by atoms with Gasteiger partial charge in [-0.05, 0) is 46.3 Å². The molecule has 2 aromatic carbocycles. The number of halogens is 4. The number of hydrogen-bond acceptors (Lipinski definition) is 1. The maximum atomic E-state index is 12.4. The fourth-order valence-corrected chi connectivity index (χ4v) is 3.11. The predicted octanol–water partition coefficient (Wildman–Crippen LogP) is 5.75. The van der Waals surface area contributed by atoms with Gasteiger partial charge in [-0.3, -0.25) is 4.79 Å². The molecule has 0 saturated carbocycles. The summed E-state index contributed by atoms with van der Waals surface area (Å²) < 4.78 is 1.60. The summed E-state index contributed by atoms with van der Waals surface area (Å²) in [5.74, 6) is -0.165. The molecule has 0 aliphatic carbocycles. The Balaban J connectivity index is 2.51. The molecule has 2 aromatic rings. The molecule has 0 saturated heterocycles. The van der Waals surface area contributed by atoms with Crippen molar-refractivity contribution in [2.75, 3.05) is 0 Å². The Bertz CT molecular complexity index is 626. The molecule has 0 aromatic heterocycles. The number of benzene rings is 2. The van der Waals surface area contributed by atoms with Crippen LogP contribution in [0.2, 0.25) is 10.0 Å². The van der Waals surface area contributed by atoms with Crippen molar-refractivity contribution in [2.45, 2.75) is 0 Å². The van der Waals surface area contributed by atoms with Gasteiger partial charge in [0.15, 0.2) is 5.78 Å². The Morgan fingerprint density at radius 1 is 1.00 bits per heavy atom. The fraction of sp³-hybridized carbons (Fsp3) is 0. The van der Waals surface area contributed by atoms with Gasteiger partial charge in [-0.1, -0.05) is 45.2 Å². The van der Waals surface area contributed by atoms with Crippen LogP contribution in [-0.2, 0) is 0 Å². The molecular formula is C13H6Br2Cl2O. The Morgan fingerprint density at radius 2 is 1.72 bits per heavy atom. The van der Waals surface area contributed by atoms with Gasteiger partial charge in [0.2, 0.25) is 0 Å². The third-order valence-electron chi connectivity index (χ3n) is 2.37. The molecule has 18 heavy (non-hydrogen) atoms. The van der Waals surface area contributed by atoms with Crippen molar-refractivity contribution >= 4 is 60.8 Å². The monoisotopic (exact) mass is 406 g/mol. The van der Waals surface area contributed by atoms with Crippen LogP contribution in [0.1, 0.15) is 15.9 Å². The molecule has 5 heteroatoms. The molecule has 0 radical (unpaired) electrons. The third kappa shape index (κ3) is 2.80. The summed E-state index contributed by atoms with van der Waals surface area (Å²) in [6.45, 7) is 0. The first-order valence-corrected chi connectivity index (χ1v) is 7.28. The molecule has 0 aliphatic heterocycles. The third-order valence-corrected chi connectivity index (χ3v) is 4.34. The van der Waals surface area contributed by atoms with Gasteiger partial charge in [0.25, 0.3) is 0 Å². The first-order chi connectivity index (χ1) is 8.50. The van der Waals surface area contributed by atoms with Crippen molar-refractivity contribution in [3.8, 4) is 0 Å². The largest absolute Gasteiger partial charge is 0.289 e. The highest BCUT2D eigenvalue weighted by Gasteiger charge is 2.17. The molecule has 0 aliphatic rings. The SMILES string of the molecule is O=C(c1ccc(Br)cc1Br)c1cccc(Cl)c1Cl. The van der Waals surface area contributed by atoms with Crippen LogP contribution in [0.15, 0.2) is 45.3 Å². The quantitative estimate of drug-likeness (QED) is 0.578. The van der Waals surface area contributed by atoms with Crippen LogP contribution in [-0.4, -0.2) is 5.78 Å². The van der Waals surface area contributed by atoms with Gasteiger partial charge in [-0.25, -0.2) is 0 Å². The van der Waals surface area contributed by atoms with E-state index in [9.17, 15) is 4.79 Å². The Hall–Kier alpha value is -0.350. The van der Waals surface area contributed by atoms with Gasteiger partial charge in [-0.15, -0.1) is 0 Å². The summed E-state index contributed by atoms with van der Waals surface area (Å²) in [7, 11) is 0. The number of carbonyl (C=O) groups is 1. The second kappa shape index (κ2) is 5.74. The first kappa shape index (κ1) is 14.1. The van der Waals surface area contributed by atoms with Crippen molar-refractivity contribution in [1.82, 2.24) is 0 Å². The smallest absolute Gasteiger partial charge is 0.195 e. The Kier molecular flexibility index (Phi) is 4.49. The van der Waals surface area contributed by atoms with E-state index in [2.05, 4.69) is 31.9 Å². The normalized spacial score (nSPS) is 10.4. The molecular weight excluding hydrogens is 403 g/mol. The summed E-state index contributed by atoms with van der Waals surface area (Å²) in [5.41, 5.74) is 0.939. The summed E-state index contributed by atoms with van der Waals surface area (Å²) >= 11 is 18.7. The van der Waals surface area contributed by atoms with E-state index >= 15 is 0 Å². The fourth-order valence-electron chi connectivity index (χ4n) is 1.50. The first-order valence-electron chi connectivity index (χ1n) is 4.94. The van der Waals surface area contributed by atoms with Gasteiger partial charge in [0.05, 0.1) is 10.0 Å². The lowest BCUT2D eigenvalue weighted by molar-refractivity contribution is 0.103. The minimum Gasteiger partial charge on any atom is -0.289 e. The molecule has 92 valence electrons. The van der Waals surface area contributed by atoms with Gasteiger partial charge < -0.3 is 0 Å². The van der Waals surface area contributed by atoms with Gasteiger partial charge in [-0.2, -0.15) is 0 Å². The summed E-state index contributed by atoms with van der Waals surface area (Å²) in [6, 6.07) is 10.4. The highest BCUT2D eigenvalue weighted by molar-refractivity contribution is 9.11. The maximum absolute atomic E-state index is 12.4. The molecule has 0 bridgehead atoms. The number of rotatable bonds is 2. The molecule has 0 heterocycles. The van der Waals surface area contributed by atoms with E-state index in [1.165, 1.54) is 0 Å². The molecule has 0 spiro atoms. The van der Waals surface area contributed by atoms with E-state index in [0.717, 1.165) is 4.47 Å². The van der Waals surface area contributed by atoms with E-state index in [4.69, 9.17) is 23.2 Å². The molecule has 0 atom stereocenters. The van der Waals surface area contributed by atoms with Crippen molar-refractivity contribution < 1.29 is 4.79 Å². The molecule has 1 nitrogen and oxygen atoms in total. The zero-order chi connectivity index (χ0) is 13.3. The lowest BCUT2D eigenvalue weighted by Crippen LogP contribution is -2.03. The van der Waals surface area contributed by atoms with Crippen LogP contribution in [0.3, 0.4) is 0 Å². The Morgan fingerprint density at radius 3 is 2.39 bits per heavy atom. The highest BCUT2D eigenvalue weighted by atomic mass is 79.9. The predicted molar refractivity (Wildman–Crippen MR) is 81.7 cm³/mol. The molecule has 0 unspecified atom stereocenters. The maximum Gasteiger partial charge on any atom is 0.195 e. The van der Waals surface area contributed by atoms with Crippen molar-refractivity contribution in [2.24, 2.45) is 0 Å². The summed E-state index contributed by atoms with van der Waals surface area (Å²) in [5, 5.41) is 0.648. The van der Waals surface area contributed by atoms with E-state index in [0.29, 0.717) is 20.6 Å². The van der Waals surface area contributed by atoms with E-state index in [1.807, 2.05) is 6.07 Å². The number of carbonyl (C=O) groups excluding carboxylic acids is 1. The molecule has 2 rings (SSSR count). The summed E-state index contributed by atoms with van der Waals surface area (Å²) in [6.07, 6.45) is 0. The average molecular weight is 409 g/mol. The lowest BCUT2D eigenvalue weighted by atomic mass is 10.0. The minimum atomic E-state index is -0.165. The van der Waals surface area contributed by atoms with Crippen molar-refractivity contribution in [1.29, 1.82) is 0 Å². The highest BCUT2D eigenvalue weighted by Crippen LogP contribution is 2.30. The molecule has 0 fully saturated rings. The van der Waals surface area contributed by atoms with Crippen LogP contribution in [0.4, 0.5) is 0 Å². The van der Waals surface area contributed by atoms with Gasteiger partial charge >= 0.3 is 0 Å². The molecule has 0 amide bonds. The number of hydrogen-bond donors (Lipinski definition) is 0. The van der Waals surface area contributed by atoms with Crippen molar-refractivity contribution in [3.05, 3.63) is 66.5 Å². The van der Waals surface area contributed by atoms with Crippen LogP contribution < -0.4 is 0 Å². The van der Waals surface area contributed by atoms with Gasteiger partial charge in [0.1, 0.15) is 0 Å². The zero-order valence-corrected chi connectivity index (χ0v) is 13.6. The second-order valence-electron chi connectivity index (χ2n) is 3.55. The van der Waals surface area contributed by atoms with Gasteiger partial charge in [0, 0.05) is 20.1 Å². The van der Waals surface area contributed by atoms with Crippen LogP contribution in [0.5, 0.6) is 0 Å².